The number of fused-ring (bicyclic) bond motifs is 1. The van der Waals surface area contributed by atoms with Crippen molar-refractivity contribution in [3.63, 3.8) is 0 Å². The summed E-state index contributed by atoms with van der Waals surface area (Å²) in [5.74, 6) is 0.312. The van der Waals surface area contributed by atoms with Gasteiger partial charge in [0.05, 0.1) is 16.8 Å². The van der Waals surface area contributed by atoms with Crippen LogP contribution >= 0.6 is 0 Å². The van der Waals surface area contributed by atoms with E-state index in [4.69, 9.17) is 4.98 Å². The fourth-order valence-corrected chi connectivity index (χ4v) is 3.66. The molecule has 0 aliphatic heterocycles. The Hall–Kier alpha value is -3.79. The van der Waals surface area contributed by atoms with Gasteiger partial charge in [-0.15, -0.1) is 0 Å². The van der Waals surface area contributed by atoms with Crippen molar-refractivity contribution in [1.29, 1.82) is 0 Å². The van der Waals surface area contributed by atoms with E-state index < -0.39 is 0 Å². The summed E-state index contributed by atoms with van der Waals surface area (Å²) in [7, 11) is 0. The number of pyridine rings is 1. The molecule has 1 aromatic heterocycles. The molecule has 0 bridgehead atoms. The molecular weight excluding hydrogens is 394 g/mol. The lowest BCUT2D eigenvalue weighted by Crippen LogP contribution is -2.19. The average molecular weight is 422 g/mol. The number of benzene rings is 3. The number of nitrogens with one attached hydrogen (secondary N) is 1. The van der Waals surface area contributed by atoms with Crippen LogP contribution in [0.2, 0.25) is 0 Å². The van der Waals surface area contributed by atoms with E-state index >= 15 is 0 Å². The lowest BCUT2D eigenvalue weighted by molar-refractivity contribution is 0.0956. The number of aromatic nitrogens is 1. The van der Waals surface area contributed by atoms with Gasteiger partial charge in [-0.05, 0) is 29.2 Å². The van der Waals surface area contributed by atoms with Crippen molar-refractivity contribution in [3.8, 4) is 11.3 Å². The zero-order valence-electron chi connectivity index (χ0n) is 18.6. The molecule has 1 atom stereocenters. The monoisotopic (exact) mass is 421 g/mol. The second kappa shape index (κ2) is 9.56. The van der Waals surface area contributed by atoms with Crippen molar-refractivity contribution in [3.05, 3.63) is 102 Å². The van der Waals surface area contributed by atoms with Crippen LogP contribution in [0.1, 0.15) is 54.1 Å². The van der Waals surface area contributed by atoms with Crippen LogP contribution in [-0.4, -0.2) is 17.1 Å². The summed E-state index contributed by atoms with van der Waals surface area (Å²) in [5.41, 5.74) is 8.21. The lowest BCUT2D eigenvalue weighted by atomic mass is 9.99. The van der Waals surface area contributed by atoms with Crippen LogP contribution in [0, 0.1) is 0 Å². The van der Waals surface area contributed by atoms with E-state index in [1.165, 1.54) is 5.56 Å². The number of hydrogen-bond acceptors (Lipinski definition) is 3. The second-order valence-corrected chi connectivity index (χ2v) is 8.27. The molecule has 160 valence electrons. The van der Waals surface area contributed by atoms with Gasteiger partial charge in [0.15, 0.2) is 0 Å². The molecule has 4 nitrogen and oxygen atoms in total. The highest BCUT2D eigenvalue weighted by atomic mass is 16.2. The van der Waals surface area contributed by atoms with E-state index in [1.54, 1.807) is 6.21 Å². The Morgan fingerprint density at radius 1 is 0.875 bits per heavy atom. The molecule has 0 saturated heterocycles. The third-order valence-electron chi connectivity index (χ3n) is 5.62. The highest BCUT2D eigenvalue weighted by Gasteiger charge is 2.14. The molecule has 0 aliphatic rings. The van der Waals surface area contributed by atoms with Crippen molar-refractivity contribution in [2.75, 3.05) is 0 Å². The first kappa shape index (κ1) is 21.4. The summed E-state index contributed by atoms with van der Waals surface area (Å²) in [6.07, 6.45) is 1.75. The Morgan fingerprint density at radius 3 is 2.28 bits per heavy atom. The van der Waals surface area contributed by atoms with Gasteiger partial charge in [0.1, 0.15) is 0 Å². The van der Waals surface area contributed by atoms with E-state index in [-0.39, 0.29) is 11.8 Å². The average Bonchev–Trinajstić information content (AvgIpc) is 2.83. The van der Waals surface area contributed by atoms with E-state index in [0.29, 0.717) is 11.5 Å². The molecule has 0 fully saturated rings. The second-order valence-electron chi connectivity index (χ2n) is 8.27. The third-order valence-corrected chi connectivity index (χ3v) is 5.62. The van der Waals surface area contributed by atoms with Gasteiger partial charge in [0, 0.05) is 23.1 Å². The SMILES string of the molecule is CC(C)c1ccc(-c2cc(C(=O)N/N=C\[C@@H](C)c3ccccc3)c3ccccc3n2)cc1. The molecule has 1 heterocycles. The van der Waals surface area contributed by atoms with Crippen molar-refractivity contribution < 1.29 is 4.79 Å². The fourth-order valence-electron chi connectivity index (χ4n) is 3.66. The predicted octanol–water partition coefficient (Wildman–Crippen LogP) is 6.54. The van der Waals surface area contributed by atoms with Gasteiger partial charge in [-0.2, -0.15) is 5.10 Å². The van der Waals surface area contributed by atoms with Crippen LogP contribution in [0.5, 0.6) is 0 Å². The number of hydrogen-bond donors (Lipinski definition) is 1. The zero-order chi connectivity index (χ0) is 22.5. The van der Waals surface area contributed by atoms with Gasteiger partial charge >= 0.3 is 0 Å². The summed E-state index contributed by atoms with van der Waals surface area (Å²) in [4.78, 5) is 17.8. The van der Waals surface area contributed by atoms with E-state index in [1.807, 2.05) is 67.6 Å². The molecular formula is C28H27N3O. The van der Waals surface area contributed by atoms with Gasteiger partial charge in [-0.25, -0.2) is 10.4 Å². The third kappa shape index (κ3) is 4.75. The first-order chi connectivity index (χ1) is 15.5. The highest BCUT2D eigenvalue weighted by molar-refractivity contribution is 6.07. The molecule has 0 spiro atoms. The maximum atomic E-state index is 13.1. The number of hydrazone groups is 1. The van der Waals surface area contributed by atoms with Crippen molar-refractivity contribution in [1.82, 2.24) is 10.4 Å². The molecule has 4 aromatic rings. The van der Waals surface area contributed by atoms with Crippen LogP contribution < -0.4 is 5.43 Å². The Morgan fingerprint density at radius 2 is 1.56 bits per heavy atom. The fraction of sp³-hybridized carbons (Fsp3) is 0.179. The van der Waals surface area contributed by atoms with Crippen LogP contribution in [0.3, 0.4) is 0 Å². The van der Waals surface area contributed by atoms with Crippen molar-refractivity contribution in [2.24, 2.45) is 5.10 Å². The minimum absolute atomic E-state index is 0.0979. The van der Waals surface area contributed by atoms with E-state index in [2.05, 4.69) is 48.6 Å². The normalized spacial score (nSPS) is 12.4. The topological polar surface area (TPSA) is 54.4 Å². The Balaban J connectivity index is 1.62. The zero-order valence-corrected chi connectivity index (χ0v) is 18.6. The van der Waals surface area contributed by atoms with E-state index in [0.717, 1.165) is 27.7 Å². The molecule has 4 rings (SSSR count). The smallest absolute Gasteiger partial charge is 0.267 e. The molecule has 1 amide bonds. The van der Waals surface area contributed by atoms with Crippen LogP contribution in [0.15, 0.2) is 90.0 Å². The molecule has 1 N–H and O–H groups in total. The van der Waals surface area contributed by atoms with Crippen LogP contribution in [-0.2, 0) is 0 Å². The summed E-state index contributed by atoms with van der Waals surface area (Å²) in [5, 5.41) is 5.02. The number of para-hydroxylation sites is 1. The number of carbonyl (C=O) groups excluding carboxylic acids is 1. The molecule has 0 radical (unpaired) electrons. The maximum absolute atomic E-state index is 13.1. The number of amides is 1. The first-order valence-electron chi connectivity index (χ1n) is 10.9. The largest absolute Gasteiger partial charge is 0.272 e. The lowest BCUT2D eigenvalue weighted by Gasteiger charge is -2.11. The minimum Gasteiger partial charge on any atom is -0.267 e. The molecule has 4 heteroatoms. The van der Waals surface area contributed by atoms with Gasteiger partial charge in [-0.1, -0.05) is 93.6 Å². The van der Waals surface area contributed by atoms with Crippen LogP contribution in [0.25, 0.3) is 22.2 Å². The molecule has 32 heavy (non-hydrogen) atoms. The van der Waals surface area contributed by atoms with E-state index in [9.17, 15) is 4.79 Å². The van der Waals surface area contributed by atoms with Gasteiger partial charge in [0.25, 0.3) is 5.91 Å². The summed E-state index contributed by atoms with van der Waals surface area (Å²) < 4.78 is 0. The van der Waals surface area contributed by atoms with Gasteiger partial charge in [-0.3, -0.25) is 4.79 Å². The van der Waals surface area contributed by atoms with Gasteiger partial charge in [0.2, 0.25) is 0 Å². The quantitative estimate of drug-likeness (QED) is 0.284. The Labute approximate surface area is 189 Å². The molecule has 3 aromatic carbocycles. The Bertz CT molecular complexity index is 1240. The first-order valence-corrected chi connectivity index (χ1v) is 10.9. The van der Waals surface area contributed by atoms with Crippen LogP contribution in [0.4, 0.5) is 0 Å². The molecule has 0 aliphatic carbocycles. The van der Waals surface area contributed by atoms with Crippen molar-refractivity contribution >= 4 is 23.0 Å². The standard InChI is InChI=1S/C28H27N3O/c1-19(2)21-13-15-23(16-14-21)27-17-25(24-11-7-8-12-26(24)30-27)28(32)31-29-18-20(3)22-9-5-4-6-10-22/h4-20H,1-3H3,(H,31,32)/b29-18-/t20-/m1/s1. The maximum Gasteiger partial charge on any atom is 0.272 e. The minimum atomic E-state index is -0.250. The summed E-state index contributed by atoms with van der Waals surface area (Å²) in [6, 6.07) is 28.0. The van der Waals surface area contributed by atoms with Gasteiger partial charge < -0.3 is 0 Å². The summed E-state index contributed by atoms with van der Waals surface area (Å²) >= 11 is 0. The molecule has 0 saturated carbocycles. The Kier molecular flexibility index (Phi) is 6.41. The highest BCUT2D eigenvalue weighted by Crippen LogP contribution is 2.26. The predicted molar refractivity (Wildman–Crippen MR) is 132 cm³/mol. The number of carbonyl (C=O) groups is 1. The number of nitrogens with zero attached hydrogens (tertiary/aromatic N) is 2. The summed E-state index contributed by atoms with van der Waals surface area (Å²) in [6.45, 7) is 6.39. The number of rotatable bonds is 6. The van der Waals surface area contributed by atoms with Crippen molar-refractivity contribution in [2.45, 2.75) is 32.6 Å². The molecule has 0 unspecified atom stereocenters.